The summed E-state index contributed by atoms with van der Waals surface area (Å²) in [5.41, 5.74) is 5.28. The number of fused-ring (bicyclic) bond motifs is 1. The van der Waals surface area contributed by atoms with E-state index >= 15 is 0 Å². The first-order valence-corrected chi connectivity index (χ1v) is 10.1. The molecule has 134 valence electrons. The molecule has 0 saturated heterocycles. The highest BCUT2D eigenvalue weighted by atomic mass is 127. The fourth-order valence-electron chi connectivity index (χ4n) is 1.94. The Morgan fingerprint density at radius 3 is 2.88 bits per heavy atom. The second-order valence-electron chi connectivity index (χ2n) is 5.01. The third-order valence-electron chi connectivity index (χ3n) is 3.02. The number of nitrogens with one attached hydrogen (secondary N) is 2. The zero-order valence-corrected chi connectivity index (χ0v) is 17.2. The lowest BCUT2D eigenvalue weighted by molar-refractivity contribution is -0.128. The number of halogens is 2. The summed E-state index contributed by atoms with van der Waals surface area (Å²) in [5, 5.41) is 1.32. The van der Waals surface area contributed by atoms with Gasteiger partial charge in [0.1, 0.15) is 5.52 Å². The molecule has 9 heteroatoms. The molecule has 0 aliphatic rings. The van der Waals surface area contributed by atoms with Crippen molar-refractivity contribution in [1.82, 2.24) is 15.8 Å². The van der Waals surface area contributed by atoms with Gasteiger partial charge in [-0.2, -0.15) is 11.8 Å². The van der Waals surface area contributed by atoms with Gasteiger partial charge in [0.15, 0.2) is 12.4 Å². The number of thioether (sulfide) groups is 1. The predicted molar refractivity (Wildman–Crippen MR) is 109 cm³/mol. The van der Waals surface area contributed by atoms with Crippen molar-refractivity contribution in [3.8, 4) is 5.75 Å². The third-order valence-corrected chi connectivity index (χ3v) is 5.30. The molecule has 2 N–H and O–H groups in total. The van der Waals surface area contributed by atoms with Crippen LogP contribution in [-0.4, -0.2) is 34.9 Å². The number of amides is 2. The number of pyridine rings is 1. The van der Waals surface area contributed by atoms with E-state index in [2.05, 4.69) is 38.4 Å². The van der Waals surface area contributed by atoms with Crippen LogP contribution in [0.15, 0.2) is 24.4 Å². The molecule has 25 heavy (non-hydrogen) atoms. The molecule has 2 rings (SSSR count). The zero-order valence-electron chi connectivity index (χ0n) is 13.5. The van der Waals surface area contributed by atoms with Gasteiger partial charge in [-0.3, -0.25) is 25.4 Å². The van der Waals surface area contributed by atoms with Gasteiger partial charge in [0.25, 0.3) is 5.91 Å². The van der Waals surface area contributed by atoms with Crippen molar-refractivity contribution in [2.45, 2.75) is 13.3 Å². The fraction of sp³-hybridized carbons (Fsp3) is 0.312. The van der Waals surface area contributed by atoms with Gasteiger partial charge < -0.3 is 4.74 Å². The fourth-order valence-corrected chi connectivity index (χ4v) is 3.80. The van der Waals surface area contributed by atoms with E-state index in [1.807, 2.05) is 13.0 Å². The zero-order chi connectivity index (χ0) is 18.2. The molecule has 0 aliphatic heterocycles. The lowest BCUT2D eigenvalue weighted by Crippen LogP contribution is -2.44. The molecule has 0 atom stereocenters. The topological polar surface area (TPSA) is 80.3 Å². The van der Waals surface area contributed by atoms with Crippen LogP contribution in [0.25, 0.3) is 10.9 Å². The highest BCUT2D eigenvalue weighted by molar-refractivity contribution is 14.1. The number of ether oxygens (including phenoxy) is 1. The Morgan fingerprint density at radius 2 is 2.12 bits per heavy atom. The van der Waals surface area contributed by atoms with Crippen LogP contribution in [0, 0.1) is 3.57 Å². The van der Waals surface area contributed by atoms with E-state index in [4.69, 9.17) is 16.3 Å². The Kier molecular flexibility index (Phi) is 8.04. The van der Waals surface area contributed by atoms with Gasteiger partial charge in [-0.1, -0.05) is 18.5 Å². The quantitative estimate of drug-likeness (QED) is 0.352. The van der Waals surface area contributed by atoms with Crippen molar-refractivity contribution < 1.29 is 14.3 Å². The lowest BCUT2D eigenvalue weighted by Gasteiger charge is -2.12. The molecule has 0 bridgehead atoms. The third kappa shape index (κ3) is 5.89. The van der Waals surface area contributed by atoms with E-state index in [0.717, 1.165) is 21.1 Å². The van der Waals surface area contributed by atoms with E-state index in [1.54, 1.807) is 18.3 Å². The maximum absolute atomic E-state index is 11.9. The molecule has 1 aromatic heterocycles. The Balaban J connectivity index is 1.92. The Bertz CT molecular complexity index is 776. The molecular weight excluding hydrogens is 477 g/mol. The van der Waals surface area contributed by atoms with Gasteiger partial charge in [0.2, 0.25) is 5.91 Å². The summed E-state index contributed by atoms with van der Waals surface area (Å²) in [6.45, 7) is 1.80. The van der Waals surface area contributed by atoms with E-state index in [1.165, 1.54) is 11.8 Å². The van der Waals surface area contributed by atoms with Crippen molar-refractivity contribution in [1.29, 1.82) is 0 Å². The van der Waals surface area contributed by atoms with Crippen LogP contribution in [0.5, 0.6) is 5.75 Å². The van der Waals surface area contributed by atoms with Crippen molar-refractivity contribution >= 4 is 68.7 Å². The van der Waals surface area contributed by atoms with Gasteiger partial charge >= 0.3 is 0 Å². The van der Waals surface area contributed by atoms with Crippen LogP contribution in [0.2, 0.25) is 5.02 Å². The van der Waals surface area contributed by atoms with Gasteiger partial charge in [-0.05, 0) is 53.0 Å². The van der Waals surface area contributed by atoms with E-state index in [-0.39, 0.29) is 12.5 Å². The molecule has 0 fully saturated rings. The van der Waals surface area contributed by atoms with Crippen molar-refractivity contribution in [3.63, 3.8) is 0 Å². The van der Waals surface area contributed by atoms with Crippen molar-refractivity contribution in [3.05, 3.63) is 33.0 Å². The van der Waals surface area contributed by atoms with Gasteiger partial charge in [-0.15, -0.1) is 0 Å². The van der Waals surface area contributed by atoms with E-state index < -0.39 is 5.91 Å². The SMILES string of the molecule is CCCSCC(=O)NNC(=O)COc1c(I)cc(Cl)c2cccnc12. The first kappa shape index (κ1) is 20.1. The average Bonchev–Trinajstić information content (AvgIpc) is 2.60. The first-order chi connectivity index (χ1) is 12.0. The number of rotatable bonds is 7. The number of benzene rings is 1. The Labute approximate surface area is 168 Å². The monoisotopic (exact) mass is 493 g/mol. The number of nitrogens with zero attached hydrogens (tertiary/aromatic N) is 1. The number of aromatic nitrogens is 1. The molecule has 1 heterocycles. The molecule has 2 amide bonds. The number of carbonyl (C=O) groups excluding carboxylic acids is 2. The van der Waals surface area contributed by atoms with Crippen LogP contribution >= 0.6 is 46.0 Å². The van der Waals surface area contributed by atoms with Crippen LogP contribution in [0.4, 0.5) is 0 Å². The second kappa shape index (κ2) is 10.0. The average molecular weight is 494 g/mol. The van der Waals surface area contributed by atoms with Gasteiger partial charge in [0, 0.05) is 11.6 Å². The molecule has 0 saturated carbocycles. The van der Waals surface area contributed by atoms with Crippen LogP contribution in [0.3, 0.4) is 0 Å². The maximum atomic E-state index is 11.9. The summed E-state index contributed by atoms with van der Waals surface area (Å²) in [6, 6.07) is 5.37. The first-order valence-electron chi connectivity index (χ1n) is 7.54. The van der Waals surface area contributed by atoms with Crippen molar-refractivity contribution in [2.24, 2.45) is 0 Å². The minimum absolute atomic E-state index is 0.244. The summed E-state index contributed by atoms with van der Waals surface area (Å²) < 4.78 is 6.35. The minimum atomic E-state index is -0.455. The molecule has 0 aliphatic carbocycles. The summed E-state index contributed by atoms with van der Waals surface area (Å²) in [7, 11) is 0. The number of carbonyl (C=O) groups is 2. The number of hydrogen-bond acceptors (Lipinski definition) is 5. The van der Waals surface area contributed by atoms with Crippen LogP contribution in [-0.2, 0) is 9.59 Å². The maximum Gasteiger partial charge on any atom is 0.276 e. The molecule has 2 aromatic rings. The van der Waals surface area contributed by atoms with Crippen LogP contribution in [0.1, 0.15) is 13.3 Å². The van der Waals surface area contributed by atoms with E-state index in [9.17, 15) is 9.59 Å². The molecule has 6 nitrogen and oxygen atoms in total. The van der Waals surface area contributed by atoms with Crippen LogP contribution < -0.4 is 15.6 Å². The Hall–Kier alpha value is -1.26. The lowest BCUT2D eigenvalue weighted by atomic mass is 10.2. The normalized spacial score (nSPS) is 10.5. The number of hydrogen-bond donors (Lipinski definition) is 2. The standard InChI is InChI=1S/C16H17ClIN3O3S/c1-2-6-25-9-14(23)21-20-13(22)8-24-16-12(18)7-11(17)10-4-3-5-19-15(10)16/h3-5,7H,2,6,8-9H2,1H3,(H,20,22)(H,21,23). The molecule has 0 radical (unpaired) electrons. The molecule has 0 spiro atoms. The molecular formula is C16H17ClIN3O3S. The van der Waals surface area contributed by atoms with Crippen molar-refractivity contribution in [2.75, 3.05) is 18.1 Å². The summed E-state index contributed by atoms with van der Waals surface area (Å²) in [5.74, 6) is 0.988. The summed E-state index contributed by atoms with van der Waals surface area (Å²) in [4.78, 5) is 27.7. The van der Waals surface area contributed by atoms with E-state index in [0.29, 0.717) is 22.0 Å². The summed E-state index contributed by atoms with van der Waals surface area (Å²) >= 11 is 9.79. The smallest absolute Gasteiger partial charge is 0.276 e. The molecule has 0 unspecified atom stereocenters. The largest absolute Gasteiger partial charge is 0.480 e. The van der Waals surface area contributed by atoms with Gasteiger partial charge in [-0.25, -0.2) is 0 Å². The highest BCUT2D eigenvalue weighted by Crippen LogP contribution is 2.34. The second-order valence-corrected chi connectivity index (χ2v) is 7.68. The Morgan fingerprint density at radius 1 is 1.36 bits per heavy atom. The molecule has 1 aromatic carbocycles. The minimum Gasteiger partial charge on any atom is -0.480 e. The highest BCUT2D eigenvalue weighted by Gasteiger charge is 2.14. The number of hydrazine groups is 1. The summed E-state index contributed by atoms with van der Waals surface area (Å²) in [6.07, 6.45) is 2.63. The van der Waals surface area contributed by atoms with Gasteiger partial charge in [0.05, 0.1) is 14.3 Å². The predicted octanol–water partition coefficient (Wildman–Crippen LogP) is 3.16.